The van der Waals surface area contributed by atoms with Crippen molar-refractivity contribution in [1.29, 1.82) is 0 Å². The number of anilines is 1. The van der Waals surface area contributed by atoms with Gasteiger partial charge in [0, 0.05) is 30.8 Å². The molecule has 0 aromatic heterocycles. The number of aldehydes is 1. The number of hydrogen-bond acceptors (Lipinski definition) is 5. The fourth-order valence-electron chi connectivity index (χ4n) is 2.91. The summed E-state index contributed by atoms with van der Waals surface area (Å²) in [6.07, 6.45) is 2.54. The van der Waals surface area contributed by atoms with Gasteiger partial charge in [-0.05, 0) is 38.6 Å². The molecule has 1 unspecified atom stereocenters. The first-order valence-corrected chi connectivity index (χ1v) is 7.25. The van der Waals surface area contributed by atoms with Crippen molar-refractivity contribution in [3.05, 3.63) is 33.9 Å². The third kappa shape index (κ3) is 3.39. The van der Waals surface area contributed by atoms with Gasteiger partial charge in [0.05, 0.1) is 4.92 Å². The van der Waals surface area contributed by atoms with Crippen molar-refractivity contribution in [2.24, 2.45) is 0 Å². The molecule has 21 heavy (non-hydrogen) atoms. The second-order valence-electron chi connectivity index (χ2n) is 5.49. The van der Waals surface area contributed by atoms with Crippen LogP contribution in [0.15, 0.2) is 18.2 Å². The Labute approximate surface area is 124 Å². The van der Waals surface area contributed by atoms with Crippen molar-refractivity contribution in [3.63, 3.8) is 0 Å². The van der Waals surface area contributed by atoms with Gasteiger partial charge in [-0.2, -0.15) is 0 Å². The smallest absolute Gasteiger partial charge is 0.293 e. The summed E-state index contributed by atoms with van der Waals surface area (Å²) in [5.74, 6) is 0. The Morgan fingerprint density at radius 2 is 2.19 bits per heavy atom. The number of carbonyl (C=O) groups excluding carboxylic acids is 1. The van der Waals surface area contributed by atoms with Gasteiger partial charge in [0.15, 0.2) is 0 Å². The number of carbonyl (C=O) groups is 1. The highest BCUT2D eigenvalue weighted by Gasteiger charge is 2.27. The fourth-order valence-corrected chi connectivity index (χ4v) is 2.91. The molecule has 1 aromatic rings. The monoisotopic (exact) mass is 291 g/mol. The maximum Gasteiger partial charge on any atom is 0.293 e. The highest BCUT2D eigenvalue weighted by atomic mass is 16.6. The van der Waals surface area contributed by atoms with E-state index in [1.165, 1.54) is 6.07 Å². The maximum absolute atomic E-state index is 11.3. The van der Waals surface area contributed by atoms with E-state index in [0.717, 1.165) is 32.5 Å². The van der Waals surface area contributed by atoms with E-state index in [4.69, 9.17) is 0 Å². The molecule has 1 atom stereocenters. The summed E-state index contributed by atoms with van der Waals surface area (Å²) in [4.78, 5) is 26.2. The van der Waals surface area contributed by atoms with E-state index >= 15 is 0 Å². The normalized spacial score (nSPS) is 20.1. The summed E-state index contributed by atoms with van der Waals surface area (Å²) >= 11 is 0. The second kappa shape index (κ2) is 6.67. The lowest BCUT2D eigenvalue weighted by atomic mass is 10.1. The predicted octanol–water partition coefficient (Wildman–Crippen LogP) is 2.33. The van der Waals surface area contributed by atoms with Crippen LogP contribution >= 0.6 is 0 Å². The topological polar surface area (TPSA) is 66.7 Å². The maximum atomic E-state index is 11.3. The number of rotatable bonds is 4. The van der Waals surface area contributed by atoms with E-state index in [0.29, 0.717) is 17.5 Å². The zero-order chi connectivity index (χ0) is 15.4. The summed E-state index contributed by atoms with van der Waals surface area (Å²) in [5.41, 5.74) is 0.973. The average molecular weight is 291 g/mol. The molecule has 2 rings (SSSR count). The van der Waals surface area contributed by atoms with Gasteiger partial charge < -0.3 is 9.80 Å². The number of nitro benzene ring substituents is 1. The number of hydrogen-bond donors (Lipinski definition) is 0. The number of nitro groups is 1. The molecule has 0 spiro atoms. The largest absolute Gasteiger partial charge is 0.362 e. The van der Waals surface area contributed by atoms with Crippen LogP contribution in [0.4, 0.5) is 11.4 Å². The van der Waals surface area contributed by atoms with E-state index in [1.807, 2.05) is 0 Å². The lowest BCUT2D eigenvalue weighted by molar-refractivity contribution is -0.384. The van der Waals surface area contributed by atoms with Crippen LogP contribution in [0.25, 0.3) is 0 Å². The van der Waals surface area contributed by atoms with Crippen LogP contribution in [-0.4, -0.2) is 48.8 Å². The number of likely N-dealkylation sites (N-methyl/N-ethyl adjacent to an activating group) is 1. The Kier molecular flexibility index (Phi) is 4.90. The van der Waals surface area contributed by atoms with Gasteiger partial charge in [0.2, 0.25) is 0 Å². The first-order valence-electron chi connectivity index (χ1n) is 7.25. The standard InChI is InChI=1S/C15H21N3O3/c1-3-13-10-16(2)7-4-8-17(13)14-6-5-12(11-19)9-15(14)18(20)21/h5-6,9,11,13H,3-4,7-8,10H2,1-2H3. The molecule has 1 saturated heterocycles. The van der Waals surface area contributed by atoms with Gasteiger partial charge in [-0.25, -0.2) is 0 Å². The summed E-state index contributed by atoms with van der Waals surface area (Å²) in [7, 11) is 2.08. The Morgan fingerprint density at radius 1 is 1.43 bits per heavy atom. The molecule has 1 fully saturated rings. The minimum absolute atomic E-state index is 0.0163. The molecule has 0 saturated carbocycles. The van der Waals surface area contributed by atoms with Gasteiger partial charge >= 0.3 is 0 Å². The summed E-state index contributed by atoms with van der Waals surface area (Å²) < 4.78 is 0. The first kappa shape index (κ1) is 15.4. The molecule has 0 aliphatic carbocycles. The Bertz CT molecular complexity index is 533. The Hall–Kier alpha value is -1.95. The van der Waals surface area contributed by atoms with Crippen molar-refractivity contribution in [2.45, 2.75) is 25.8 Å². The van der Waals surface area contributed by atoms with Crippen molar-refractivity contribution in [1.82, 2.24) is 4.90 Å². The molecule has 114 valence electrons. The number of benzene rings is 1. The van der Waals surface area contributed by atoms with Crippen LogP contribution < -0.4 is 4.90 Å². The van der Waals surface area contributed by atoms with Crippen LogP contribution in [0.5, 0.6) is 0 Å². The average Bonchev–Trinajstić information content (AvgIpc) is 2.67. The van der Waals surface area contributed by atoms with Gasteiger partial charge in [0.25, 0.3) is 5.69 Å². The molecule has 1 aromatic carbocycles. The lowest BCUT2D eigenvalue weighted by Crippen LogP contribution is -2.40. The molecule has 6 heteroatoms. The first-order chi connectivity index (χ1) is 10.1. The second-order valence-corrected chi connectivity index (χ2v) is 5.49. The van der Waals surface area contributed by atoms with E-state index < -0.39 is 4.92 Å². The van der Waals surface area contributed by atoms with Crippen molar-refractivity contribution in [3.8, 4) is 0 Å². The highest BCUT2D eigenvalue weighted by molar-refractivity contribution is 5.79. The van der Waals surface area contributed by atoms with Gasteiger partial charge in [0.1, 0.15) is 12.0 Å². The molecule has 1 aliphatic rings. The van der Waals surface area contributed by atoms with E-state index in [9.17, 15) is 14.9 Å². The lowest BCUT2D eigenvalue weighted by Gasteiger charge is -2.31. The van der Waals surface area contributed by atoms with Crippen LogP contribution in [0.2, 0.25) is 0 Å². The van der Waals surface area contributed by atoms with Gasteiger partial charge in [-0.1, -0.05) is 6.92 Å². The third-order valence-corrected chi connectivity index (χ3v) is 4.01. The fraction of sp³-hybridized carbons (Fsp3) is 0.533. The molecule has 1 heterocycles. The van der Waals surface area contributed by atoms with Gasteiger partial charge in [-0.3, -0.25) is 14.9 Å². The molecular weight excluding hydrogens is 270 g/mol. The van der Waals surface area contributed by atoms with Crippen molar-refractivity contribution < 1.29 is 9.72 Å². The molecular formula is C15H21N3O3. The molecule has 0 bridgehead atoms. The minimum Gasteiger partial charge on any atom is -0.362 e. The highest BCUT2D eigenvalue weighted by Crippen LogP contribution is 2.32. The molecule has 1 aliphatic heterocycles. The summed E-state index contributed by atoms with van der Waals surface area (Å²) in [6.45, 7) is 4.78. The zero-order valence-corrected chi connectivity index (χ0v) is 12.5. The number of nitrogens with zero attached hydrogens (tertiary/aromatic N) is 3. The SMILES string of the molecule is CCC1CN(C)CCCN1c1ccc(C=O)cc1[N+](=O)[O-]. The van der Waals surface area contributed by atoms with Crippen LogP contribution in [-0.2, 0) is 0 Å². The van der Waals surface area contributed by atoms with E-state index in [1.54, 1.807) is 12.1 Å². The van der Waals surface area contributed by atoms with E-state index in [-0.39, 0.29) is 11.7 Å². The van der Waals surface area contributed by atoms with Gasteiger partial charge in [-0.15, -0.1) is 0 Å². The van der Waals surface area contributed by atoms with E-state index in [2.05, 4.69) is 23.8 Å². The quantitative estimate of drug-likeness (QED) is 0.484. The molecule has 0 N–H and O–H groups in total. The predicted molar refractivity (Wildman–Crippen MR) is 82.0 cm³/mol. The minimum atomic E-state index is -0.399. The van der Waals surface area contributed by atoms with Crippen molar-refractivity contribution >= 4 is 17.7 Å². The summed E-state index contributed by atoms with van der Waals surface area (Å²) in [6, 6.07) is 4.97. The van der Waals surface area contributed by atoms with Crippen LogP contribution in [0, 0.1) is 10.1 Å². The molecule has 0 amide bonds. The Balaban J connectivity index is 2.42. The molecule has 0 radical (unpaired) electrons. The summed E-state index contributed by atoms with van der Waals surface area (Å²) in [5, 5.41) is 11.3. The molecule has 6 nitrogen and oxygen atoms in total. The van der Waals surface area contributed by atoms with Crippen LogP contribution in [0.1, 0.15) is 30.1 Å². The third-order valence-electron chi connectivity index (χ3n) is 4.01. The Morgan fingerprint density at radius 3 is 2.81 bits per heavy atom. The zero-order valence-electron chi connectivity index (χ0n) is 12.5. The van der Waals surface area contributed by atoms with Crippen molar-refractivity contribution in [2.75, 3.05) is 31.6 Å². The van der Waals surface area contributed by atoms with Crippen LogP contribution in [0.3, 0.4) is 0 Å².